The zero-order chi connectivity index (χ0) is 20.1. The molecule has 28 heavy (non-hydrogen) atoms. The second kappa shape index (κ2) is 8.43. The summed E-state index contributed by atoms with van der Waals surface area (Å²) in [5.74, 6) is 0.514. The van der Waals surface area contributed by atoms with E-state index in [0.717, 1.165) is 0 Å². The molecule has 3 rings (SSSR count). The highest BCUT2D eigenvalue weighted by Gasteiger charge is 2.17. The number of amides is 3. The molecule has 0 spiro atoms. The zero-order valence-corrected chi connectivity index (χ0v) is 15.7. The van der Waals surface area contributed by atoms with Gasteiger partial charge in [-0.3, -0.25) is 14.4 Å². The van der Waals surface area contributed by atoms with Crippen molar-refractivity contribution < 1.29 is 23.9 Å². The van der Waals surface area contributed by atoms with E-state index in [0.29, 0.717) is 28.4 Å². The molecule has 146 valence electrons. The number of nitrogens with one attached hydrogen (secondary N) is 2. The van der Waals surface area contributed by atoms with Gasteiger partial charge in [0.15, 0.2) is 11.5 Å². The van der Waals surface area contributed by atoms with Gasteiger partial charge in [-0.15, -0.1) is 0 Å². The number of carbonyl (C=O) groups excluding carboxylic acids is 3. The first-order chi connectivity index (χ1) is 13.4. The van der Waals surface area contributed by atoms with Gasteiger partial charge in [0.2, 0.25) is 18.6 Å². The number of ether oxygens (including phenoxy) is 2. The molecule has 2 aromatic rings. The van der Waals surface area contributed by atoms with Crippen LogP contribution in [0.1, 0.15) is 24.2 Å². The van der Waals surface area contributed by atoms with Crippen molar-refractivity contribution in [2.45, 2.75) is 13.8 Å². The summed E-state index contributed by atoms with van der Waals surface area (Å²) in [5.41, 5.74) is 1.68. The number of hydrogen-bond acceptors (Lipinski definition) is 5. The third-order valence-corrected chi connectivity index (χ3v) is 4.11. The molecule has 2 aromatic carbocycles. The lowest BCUT2D eigenvalue weighted by Gasteiger charge is -2.22. The van der Waals surface area contributed by atoms with E-state index >= 15 is 0 Å². The minimum Gasteiger partial charge on any atom is -0.454 e. The van der Waals surface area contributed by atoms with Gasteiger partial charge < -0.3 is 25.0 Å². The van der Waals surface area contributed by atoms with Gasteiger partial charge in [0.1, 0.15) is 0 Å². The van der Waals surface area contributed by atoms with Crippen molar-refractivity contribution in [1.82, 2.24) is 5.32 Å². The zero-order valence-electron chi connectivity index (χ0n) is 15.7. The van der Waals surface area contributed by atoms with Crippen LogP contribution in [-0.4, -0.2) is 37.6 Å². The minimum atomic E-state index is -0.270. The standard InChI is InChI=1S/C20H21N3O5/c1-13(24)22-16-4-3-5-17(11-16)23(14(2)25)9-8-21-20(26)15-6-7-18-19(10-15)28-12-27-18/h3-7,10-11H,8-9,12H2,1-2H3,(H,21,26)(H,22,24). The lowest BCUT2D eigenvalue weighted by Crippen LogP contribution is -2.37. The van der Waals surface area contributed by atoms with Crippen molar-refractivity contribution in [1.29, 1.82) is 0 Å². The maximum atomic E-state index is 12.3. The summed E-state index contributed by atoms with van der Waals surface area (Å²) >= 11 is 0. The molecule has 0 saturated carbocycles. The van der Waals surface area contributed by atoms with Crippen molar-refractivity contribution in [2.24, 2.45) is 0 Å². The molecule has 0 radical (unpaired) electrons. The van der Waals surface area contributed by atoms with Crippen molar-refractivity contribution in [3.05, 3.63) is 48.0 Å². The highest BCUT2D eigenvalue weighted by molar-refractivity contribution is 5.96. The normalized spacial score (nSPS) is 11.6. The highest BCUT2D eigenvalue weighted by Crippen LogP contribution is 2.32. The van der Waals surface area contributed by atoms with Crippen LogP contribution >= 0.6 is 0 Å². The maximum Gasteiger partial charge on any atom is 0.251 e. The van der Waals surface area contributed by atoms with Gasteiger partial charge in [-0.2, -0.15) is 0 Å². The topological polar surface area (TPSA) is 97.0 Å². The second-order valence-corrected chi connectivity index (χ2v) is 6.23. The van der Waals surface area contributed by atoms with Crippen molar-refractivity contribution in [3.8, 4) is 11.5 Å². The molecule has 1 aliphatic rings. The van der Waals surface area contributed by atoms with Gasteiger partial charge in [-0.25, -0.2) is 0 Å². The number of carbonyl (C=O) groups is 3. The molecular weight excluding hydrogens is 362 g/mol. The van der Waals surface area contributed by atoms with Crippen LogP contribution in [0.15, 0.2) is 42.5 Å². The van der Waals surface area contributed by atoms with Crippen LogP contribution in [0.3, 0.4) is 0 Å². The first kappa shape index (κ1) is 19.2. The third-order valence-electron chi connectivity index (χ3n) is 4.11. The first-order valence-electron chi connectivity index (χ1n) is 8.77. The summed E-state index contributed by atoms with van der Waals surface area (Å²) < 4.78 is 10.5. The molecule has 1 heterocycles. The Hall–Kier alpha value is -3.55. The Kier molecular flexibility index (Phi) is 5.78. The molecule has 0 aromatic heterocycles. The van der Waals surface area contributed by atoms with Crippen LogP contribution in [0.4, 0.5) is 11.4 Å². The van der Waals surface area contributed by atoms with E-state index in [4.69, 9.17) is 9.47 Å². The number of nitrogens with zero attached hydrogens (tertiary/aromatic N) is 1. The molecular formula is C20H21N3O5. The van der Waals surface area contributed by atoms with Crippen LogP contribution in [0.25, 0.3) is 0 Å². The van der Waals surface area contributed by atoms with E-state index in [9.17, 15) is 14.4 Å². The fraction of sp³-hybridized carbons (Fsp3) is 0.250. The lowest BCUT2D eigenvalue weighted by molar-refractivity contribution is -0.116. The number of fused-ring (bicyclic) bond motifs is 1. The van der Waals surface area contributed by atoms with Gasteiger partial charge >= 0.3 is 0 Å². The number of hydrogen-bond donors (Lipinski definition) is 2. The highest BCUT2D eigenvalue weighted by atomic mass is 16.7. The smallest absolute Gasteiger partial charge is 0.251 e. The van der Waals surface area contributed by atoms with Crippen LogP contribution in [0.5, 0.6) is 11.5 Å². The number of benzene rings is 2. The number of rotatable bonds is 6. The molecule has 3 amide bonds. The van der Waals surface area contributed by atoms with Crippen LogP contribution in [0.2, 0.25) is 0 Å². The van der Waals surface area contributed by atoms with E-state index < -0.39 is 0 Å². The first-order valence-corrected chi connectivity index (χ1v) is 8.77. The molecule has 2 N–H and O–H groups in total. The van der Waals surface area contributed by atoms with Crippen molar-refractivity contribution in [2.75, 3.05) is 30.1 Å². The predicted octanol–water partition coefficient (Wildman–Crippen LogP) is 2.16. The van der Waals surface area contributed by atoms with E-state index in [2.05, 4.69) is 10.6 Å². The van der Waals surface area contributed by atoms with E-state index in [1.807, 2.05) is 0 Å². The fourth-order valence-electron chi connectivity index (χ4n) is 2.84. The van der Waals surface area contributed by atoms with E-state index in [1.165, 1.54) is 18.7 Å². The quantitative estimate of drug-likeness (QED) is 0.797. The Morgan fingerprint density at radius 1 is 1.04 bits per heavy atom. The molecule has 8 heteroatoms. The molecule has 0 atom stereocenters. The summed E-state index contributed by atoms with van der Waals surface area (Å²) in [6.45, 7) is 3.56. The monoisotopic (exact) mass is 383 g/mol. The Balaban J connectivity index is 1.62. The summed E-state index contributed by atoms with van der Waals surface area (Å²) in [6, 6.07) is 11.9. The maximum absolute atomic E-state index is 12.3. The molecule has 1 aliphatic heterocycles. The van der Waals surface area contributed by atoms with Crippen molar-refractivity contribution in [3.63, 3.8) is 0 Å². The Labute approximate surface area is 162 Å². The summed E-state index contributed by atoms with van der Waals surface area (Å²) in [5, 5.41) is 5.48. The second-order valence-electron chi connectivity index (χ2n) is 6.23. The van der Waals surface area contributed by atoms with Gasteiger partial charge in [0, 0.05) is 43.9 Å². The molecule has 0 aliphatic carbocycles. The summed E-state index contributed by atoms with van der Waals surface area (Å²) in [7, 11) is 0. The largest absolute Gasteiger partial charge is 0.454 e. The molecule has 0 unspecified atom stereocenters. The molecule has 8 nitrogen and oxygen atoms in total. The van der Waals surface area contributed by atoms with Gasteiger partial charge in [-0.05, 0) is 36.4 Å². The van der Waals surface area contributed by atoms with Gasteiger partial charge in [-0.1, -0.05) is 6.07 Å². The van der Waals surface area contributed by atoms with E-state index in [-0.39, 0.29) is 37.6 Å². The summed E-state index contributed by atoms with van der Waals surface area (Å²) in [4.78, 5) is 37.2. The Morgan fingerprint density at radius 3 is 2.57 bits per heavy atom. The molecule has 0 saturated heterocycles. The van der Waals surface area contributed by atoms with Crippen LogP contribution in [0, 0.1) is 0 Å². The molecule has 0 bridgehead atoms. The average molecular weight is 383 g/mol. The lowest BCUT2D eigenvalue weighted by atomic mass is 10.2. The minimum absolute atomic E-state index is 0.144. The SMILES string of the molecule is CC(=O)Nc1cccc(N(CCNC(=O)c2ccc3c(c2)OCO3)C(C)=O)c1. The van der Waals surface area contributed by atoms with Gasteiger partial charge in [0.25, 0.3) is 5.91 Å². The molecule has 0 fully saturated rings. The van der Waals surface area contributed by atoms with Crippen LogP contribution in [-0.2, 0) is 9.59 Å². The van der Waals surface area contributed by atoms with E-state index in [1.54, 1.807) is 42.5 Å². The van der Waals surface area contributed by atoms with Crippen LogP contribution < -0.4 is 25.0 Å². The van der Waals surface area contributed by atoms with Gasteiger partial charge in [0.05, 0.1) is 0 Å². The summed E-state index contributed by atoms with van der Waals surface area (Å²) in [6.07, 6.45) is 0. The Morgan fingerprint density at radius 2 is 1.82 bits per heavy atom. The fourth-order valence-corrected chi connectivity index (χ4v) is 2.84. The average Bonchev–Trinajstić information content (AvgIpc) is 3.12. The predicted molar refractivity (Wildman–Crippen MR) is 104 cm³/mol. The Bertz CT molecular complexity index is 912. The number of anilines is 2. The van der Waals surface area contributed by atoms with Crippen molar-refractivity contribution >= 4 is 29.1 Å². The third kappa shape index (κ3) is 4.59.